The van der Waals surface area contributed by atoms with Crippen LogP contribution < -0.4 is 5.11 Å². The van der Waals surface area contributed by atoms with Crippen LogP contribution >= 0.6 is 0 Å². The Bertz CT molecular complexity index is 445. The molecule has 2 aliphatic heterocycles. The van der Waals surface area contributed by atoms with Crippen molar-refractivity contribution in [2.24, 2.45) is 0 Å². The molecule has 7 nitrogen and oxygen atoms in total. The first-order valence-corrected chi connectivity index (χ1v) is 5.95. The Morgan fingerprint density at radius 3 is 2.47 bits per heavy atom. The Kier molecular flexibility index (Phi) is 3.21. The van der Waals surface area contributed by atoms with Crippen LogP contribution in [-0.4, -0.2) is 41.2 Å². The summed E-state index contributed by atoms with van der Waals surface area (Å²) in [6.45, 7) is 3.32. The summed E-state index contributed by atoms with van der Waals surface area (Å²) in [4.78, 5) is 35.7. The summed E-state index contributed by atoms with van der Waals surface area (Å²) in [5.74, 6) is -4.16. The summed E-state index contributed by atoms with van der Waals surface area (Å²) >= 11 is 0. The van der Waals surface area contributed by atoms with E-state index in [0.717, 1.165) is 0 Å². The van der Waals surface area contributed by atoms with Gasteiger partial charge in [-0.05, 0) is 12.8 Å². The molecule has 2 heterocycles. The van der Waals surface area contributed by atoms with E-state index in [9.17, 15) is 19.5 Å². The molecule has 0 aromatic carbocycles. The Labute approximate surface area is 109 Å². The van der Waals surface area contributed by atoms with Crippen LogP contribution in [0.1, 0.15) is 26.7 Å². The number of carboxylic acids is 1. The third kappa shape index (κ3) is 2.69. The smallest absolute Gasteiger partial charge is 0.350 e. The van der Waals surface area contributed by atoms with E-state index < -0.39 is 29.7 Å². The van der Waals surface area contributed by atoms with Crippen molar-refractivity contribution in [2.75, 3.05) is 6.54 Å². The summed E-state index contributed by atoms with van der Waals surface area (Å²) in [7, 11) is 0. The van der Waals surface area contributed by atoms with Crippen LogP contribution in [0.25, 0.3) is 0 Å². The van der Waals surface area contributed by atoms with E-state index in [1.54, 1.807) is 0 Å². The SMILES string of the molecule is CC1(C)OC(=O)C(=CN2CCC[C@@H]2C(=O)[O-])C(=O)O1. The molecule has 2 aliphatic rings. The van der Waals surface area contributed by atoms with Crippen LogP contribution in [0.5, 0.6) is 0 Å². The molecule has 2 fully saturated rings. The summed E-state index contributed by atoms with van der Waals surface area (Å²) in [5, 5.41) is 10.9. The van der Waals surface area contributed by atoms with Crippen molar-refractivity contribution in [1.82, 2.24) is 4.90 Å². The maximum absolute atomic E-state index is 11.7. The molecule has 0 aromatic heterocycles. The van der Waals surface area contributed by atoms with Crippen molar-refractivity contribution in [2.45, 2.75) is 38.5 Å². The minimum absolute atomic E-state index is 0.299. The van der Waals surface area contributed by atoms with E-state index in [4.69, 9.17) is 9.47 Å². The lowest BCUT2D eigenvalue weighted by Gasteiger charge is -2.31. The second-order valence-corrected chi connectivity index (χ2v) is 4.94. The van der Waals surface area contributed by atoms with Crippen LogP contribution in [0.2, 0.25) is 0 Å². The van der Waals surface area contributed by atoms with Gasteiger partial charge in [0.05, 0.1) is 12.0 Å². The molecule has 1 atom stereocenters. The van der Waals surface area contributed by atoms with Crippen LogP contribution in [0.3, 0.4) is 0 Å². The number of cyclic esters (lactones) is 2. The molecule has 0 spiro atoms. The molecule has 0 radical (unpaired) electrons. The number of ether oxygens (including phenoxy) is 2. The first-order chi connectivity index (χ1) is 8.80. The molecule has 104 valence electrons. The molecule has 0 bridgehead atoms. The molecule has 0 aromatic rings. The maximum Gasteiger partial charge on any atom is 0.350 e. The predicted octanol–water partition coefficient (Wildman–Crippen LogP) is -1.08. The van der Waals surface area contributed by atoms with Gasteiger partial charge in [0.15, 0.2) is 5.57 Å². The van der Waals surface area contributed by atoms with Gasteiger partial charge >= 0.3 is 11.9 Å². The molecule has 2 rings (SSSR count). The molecule has 19 heavy (non-hydrogen) atoms. The average Bonchev–Trinajstić information content (AvgIpc) is 2.70. The van der Waals surface area contributed by atoms with Crippen LogP contribution in [0.15, 0.2) is 11.8 Å². The molecule has 0 saturated carbocycles. The minimum Gasteiger partial charge on any atom is -0.548 e. The van der Waals surface area contributed by atoms with E-state index in [2.05, 4.69) is 0 Å². The number of carboxylic acid groups (broad SMARTS) is 1. The van der Waals surface area contributed by atoms with Gasteiger partial charge in [0.25, 0.3) is 5.79 Å². The van der Waals surface area contributed by atoms with Gasteiger partial charge in [-0.15, -0.1) is 0 Å². The lowest BCUT2D eigenvalue weighted by Crippen LogP contribution is -2.45. The predicted molar refractivity (Wildman–Crippen MR) is 59.1 cm³/mol. The van der Waals surface area contributed by atoms with Crippen molar-refractivity contribution in [3.05, 3.63) is 11.8 Å². The number of hydrogen-bond donors (Lipinski definition) is 0. The standard InChI is InChI=1S/C12H15NO6/c1-12(2)18-10(16)7(11(17)19-12)6-13-5-3-4-8(13)9(14)15/h6,8H,3-5H2,1-2H3,(H,14,15)/p-1/t8-/m1/s1. The van der Waals surface area contributed by atoms with Gasteiger partial charge < -0.3 is 24.3 Å². The zero-order valence-corrected chi connectivity index (χ0v) is 10.7. The Morgan fingerprint density at radius 1 is 1.37 bits per heavy atom. The van der Waals surface area contributed by atoms with Crippen molar-refractivity contribution in [1.29, 1.82) is 0 Å². The molecule has 2 saturated heterocycles. The van der Waals surface area contributed by atoms with Crippen LogP contribution in [0.4, 0.5) is 0 Å². The average molecular weight is 268 g/mol. The lowest BCUT2D eigenvalue weighted by atomic mass is 10.2. The zero-order chi connectivity index (χ0) is 14.2. The molecule has 0 N–H and O–H groups in total. The monoisotopic (exact) mass is 268 g/mol. The third-order valence-electron chi connectivity index (χ3n) is 2.98. The first-order valence-electron chi connectivity index (χ1n) is 5.95. The molecule has 7 heteroatoms. The van der Waals surface area contributed by atoms with E-state index in [0.29, 0.717) is 19.4 Å². The number of hydrogen-bond acceptors (Lipinski definition) is 7. The molecule has 0 amide bonds. The van der Waals surface area contributed by atoms with Gasteiger partial charge in [0, 0.05) is 26.6 Å². The third-order valence-corrected chi connectivity index (χ3v) is 2.98. The number of carbonyl (C=O) groups excluding carboxylic acids is 3. The summed E-state index contributed by atoms with van der Waals surface area (Å²) in [6, 6.07) is -0.831. The van der Waals surface area contributed by atoms with Gasteiger partial charge in [-0.2, -0.15) is 0 Å². The highest BCUT2D eigenvalue weighted by Crippen LogP contribution is 2.25. The molecular formula is C12H14NO6-. The normalized spacial score (nSPS) is 25.9. The van der Waals surface area contributed by atoms with Crippen LogP contribution in [0, 0.1) is 0 Å². The van der Waals surface area contributed by atoms with Crippen molar-refractivity contribution >= 4 is 17.9 Å². The van der Waals surface area contributed by atoms with E-state index >= 15 is 0 Å². The first kappa shape index (κ1) is 13.4. The number of esters is 2. The number of aliphatic carboxylic acids is 1. The fourth-order valence-corrected chi connectivity index (χ4v) is 2.13. The van der Waals surface area contributed by atoms with Gasteiger partial charge in [0.2, 0.25) is 0 Å². The topological polar surface area (TPSA) is 96.0 Å². The Hall–Kier alpha value is -2.05. The van der Waals surface area contributed by atoms with Crippen molar-refractivity contribution in [3.63, 3.8) is 0 Å². The van der Waals surface area contributed by atoms with Gasteiger partial charge in [0.1, 0.15) is 0 Å². The van der Waals surface area contributed by atoms with E-state index in [-0.39, 0.29) is 5.57 Å². The number of carbonyl (C=O) groups is 3. The zero-order valence-electron chi connectivity index (χ0n) is 10.7. The lowest BCUT2D eigenvalue weighted by molar-refractivity contribution is -0.310. The van der Waals surface area contributed by atoms with Gasteiger partial charge in [-0.25, -0.2) is 9.59 Å². The fourth-order valence-electron chi connectivity index (χ4n) is 2.13. The molecule has 0 aliphatic carbocycles. The number of rotatable bonds is 2. The van der Waals surface area contributed by atoms with Crippen molar-refractivity contribution < 1.29 is 29.0 Å². The quantitative estimate of drug-likeness (QED) is 0.357. The highest BCUT2D eigenvalue weighted by atomic mass is 16.7. The van der Waals surface area contributed by atoms with Crippen molar-refractivity contribution in [3.8, 4) is 0 Å². The van der Waals surface area contributed by atoms with Gasteiger partial charge in [-0.3, -0.25) is 0 Å². The number of likely N-dealkylation sites (tertiary alicyclic amines) is 1. The fraction of sp³-hybridized carbons (Fsp3) is 0.583. The summed E-state index contributed by atoms with van der Waals surface area (Å²) < 4.78 is 9.85. The minimum atomic E-state index is -1.30. The maximum atomic E-state index is 11.7. The Balaban J connectivity index is 2.21. The summed E-state index contributed by atoms with van der Waals surface area (Å²) in [6.07, 6.45) is 2.26. The summed E-state index contributed by atoms with van der Waals surface area (Å²) in [5.41, 5.74) is -0.299. The largest absolute Gasteiger partial charge is 0.548 e. The second-order valence-electron chi connectivity index (χ2n) is 4.94. The number of nitrogens with zero attached hydrogens (tertiary/aromatic N) is 1. The van der Waals surface area contributed by atoms with Crippen LogP contribution in [-0.2, 0) is 23.9 Å². The van der Waals surface area contributed by atoms with E-state index in [1.165, 1.54) is 24.9 Å². The second kappa shape index (κ2) is 4.56. The van der Waals surface area contributed by atoms with Gasteiger partial charge in [-0.1, -0.05) is 0 Å². The Morgan fingerprint density at radius 2 is 1.95 bits per heavy atom. The molecular weight excluding hydrogens is 254 g/mol. The highest BCUT2D eigenvalue weighted by Gasteiger charge is 2.40. The molecule has 0 unspecified atom stereocenters. The van der Waals surface area contributed by atoms with E-state index in [1.807, 2.05) is 0 Å². The highest BCUT2D eigenvalue weighted by molar-refractivity contribution is 6.15.